The number of carbonyl (C=O) groups is 1. The highest BCUT2D eigenvalue weighted by molar-refractivity contribution is 6.12. The summed E-state index contributed by atoms with van der Waals surface area (Å²) in [4.78, 5) is 16.6. The van der Waals surface area contributed by atoms with Gasteiger partial charge in [0.05, 0.1) is 11.9 Å². The number of pyridine rings is 1. The average molecular weight is 278 g/mol. The Balaban J connectivity index is 2.26. The van der Waals surface area contributed by atoms with Gasteiger partial charge < -0.3 is 21.0 Å². The molecule has 1 saturated heterocycles. The van der Waals surface area contributed by atoms with Crippen molar-refractivity contribution < 1.29 is 14.7 Å². The summed E-state index contributed by atoms with van der Waals surface area (Å²) in [6.07, 6.45) is 3.99. The molecule has 0 saturated carbocycles. The first-order chi connectivity index (χ1) is 9.60. The van der Waals surface area contributed by atoms with E-state index in [0.29, 0.717) is 31.7 Å². The van der Waals surface area contributed by atoms with Gasteiger partial charge in [-0.2, -0.15) is 0 Å². The minimum Gasteiger partial charge on any atom is -0.409 e. The van der Waals surface area contributed by atoms with Crippen molar-refractivity contribution in [3.63, 3.8) is 0 Å². The number of amides is 1. The Bertz CT molecular complexity index is 524. The fourth-order valence-electron chi connectivity index (χ4n) is 2.25. The van der Waals surface area contributed by atoms with Crippen LogP contribution in [0, 0.1) is 12.3 Å². The third-order valence-corrected chi connectivity index (χ3v) is 3.67. The van der Waals surface area contributed by atoms with Gasteiger partial charge in [-0.25, -0.2) is 0 Å². The van der Waals surface area contributed by atoms with Crippen molar-refractivity contribution in [3.8, 4) is 0 Å². The average Bonchev–Trinajstić information content (AvgIpc) is 2.49. The van der Waals surface area contributed by atoms with Crippen LogP contribution in [-0.2, 0) is 9.53 Å². The number of nitrogens with zero attached hydrogens (tertiary/aromatic N) is 2. The largest absolute Gasteiger partial charge is 0.409 e. The summed E-state index contributed by atoms with van der Waals surface area (Å²) in [7, 11) is 0. The Morgan fingerprint density at radius 1 is 1.55 bits per heavy atom. The zero-order chi connectivity index (χ0) is 14.6. The van der Waals surface area contributed by atoms with Crippen molar-refractivity contribution in [1.29, 1.82) is 0 Å². The predicted octanol–water partition coefficient (Wildman–Crippen LogP) is 0.872. The molecule has 7 heteroatoms. The molecule has 2 heterocycles. The van der Waals surface area contributed by atoms with Crippen LogP contribution in [0.5, 0.6) is 0 Å². The van der Waals surface area contributed by atoms with Crippen LogP contribution in [0.1, 0.15) is 18.4 Å². The number of amidine groups is 1. The van der Waals surface area contributed by atoms with E-state index in [-0.39, 0.29) is 11.7 Å². The second-order valence-electron chi connectivity index (χ2n) is 4.82. The lowest BCUT2D eigenvalue weighted by molar-refractivity contribution is -0.126. The first-order valence-electron chi connectivity index (χ1n) is 6.38. The quantitative estimate of drug-likeness (QED) is 0.329. The lowest BCUT2D eigenvalue weighted by atomic mass is 9.78. The van der Waals surface area contributed by atoms with E-state index in [0.717, 1.165) is 5.56 Å². The molecule has 0 bridgehead atoms. The van der Waals surface area contributed by atoms with E-state index in [9.17, 15) is 4.79 Å². The standard InChI is InChI=1S/C13H18N4O3/c1-9-2-5-15-8-10(9)16-12(18)13(11(14)17-19)3-6-20-7-4-13/h2,5,8,19H,3-4,6-7H2,1H3,(H2,14,17)(H,16,18). The van der Waals surface area contributed by atoms with Crippen LogP contribution in [0.25, 0.3) is 0 Å². The Morgan fingerprint density at radius 2 is 2.25 bits per heavy atom. The zero-order valence-electron chi connectivity index (χ0n) is 11.3. The summed E-state index contributed by atoms with van der Waals surface area (Å²) < 4.78 is 5.26. The molecule has 2 rings (SSSR count). The van der Waals surface area contributed by atoms with Crippen LogP contribution >= 0.6 is 0 Å². The maximum absolute atomic E-state index is 12.6. The minimum absolute atomic E-state index is 0.0835. The molecule has 1 aliphatic rings. The van der Waals surface area contributed by atoms with Crippen molar-refractivity contribution >= 4 is 17.4 Å². The Hall–Kier alpha value is -2.15. The first kappa shape index (κ1) is 14.3. The number of nitrogens with one attached hydrogen (secondary N) is 1. The third-order valence-electron chi connectivity index (χ3n) is 3.67. The summed E-state index contributed by atoms with van der Waals surface area (Å²) in [6.45, 7) is 2.67. The number of rotatable bonds is 3. The van der Waals surface area contributed by atoms with Crippen LogP contribution in [0.4, 0.5) is 5.69 Å². The monoisotopic (exact) mass is 278 g/mol. The van der Waals surface area contributed by atoms with Crippen LogP contribution < -0.4 is 11.1 Å². The normalized spacial score (nSPS) is 18.6. The lowest BCUT2D eigenvalue weighted by Crippen LogP contribution is -2.50. The fourth-order valence-corrected chi connectivity index (χ4v) is 2.25. The fraction of sp³-hybridized carbons (Fsp3) is 0.462. The highest BCUT2D eigenvalue weighted by atomic mass is 16.5. The van der Waals surface area contributed by atoms with Crippen molar-refractivity contribution in [2.75, 3.05) is 18.5 Å². The smallest absolute Gasteiger partial charge is 0.238 e. The van der Waals surface area contributed by atoms with E-state index >= 15 is 0 Å². The Kier molecular flexibility index (Phi) is 4.19. The summed E-state index contributed by atoms with van der Waals surface area (Å²) in [6, 6.07) is 1.80. The molecule has 1 aromatic rings. The molecule has 0 spiro atoms. The predicted molar refractivity (Wildman–Crippen MR) is 73.5 cm³/mol. The van der Waals surface area contributed by atoms with Crippen molar-refractivity contribution in [2.24, 2.45) is 16.3 Å². The van der Waals surface area contributed by atoms with E-state index in [1.54, 1.807) is 18.5 Å². The number of aromatic nitrogens is 1. The van der Waals surface area contributed by atoms with Crippen molar-refractivity contribution in [1.82, 2.24) is 4.98 Å². The molecule has 1 aliphatic heterocycles. The first-order valence-corrected chi connectivity index (χ1v) is 6.38. The molecular formula is C13H18N4O3. The number of nitrogens with two attached hydrogens (primary N) is 1. The number of hydrogen-bond donors (Lipinski definition) is 3. The Labute approximate surface area is 116 Å². The van der Waals surface area contributed by atoms with Gasteiger partial charge in [0.2, 0.25) is 5.91 Å². The molecule has 0 aromatic carbocycles. The van der Waals surface area contributed by atoms with E-state index in [2.05, 4.69) is 15.5 Å². The van der Waals surface area contributed by atoms with Gasteiger partial charge in [-0.3, -0.25) is 9.78 Å². The van der Waals surface area contributed by atoms with Gasteiger partial charge in [0.1, 0.15) is 5.41 Å². The SMILES string of the molecule is Cc1ccncc1NC(=O)C1(C(N)=NO)CCOCC1. The number of hydrogen-bond acceptors (Lipinski definition) is 5. The second kappa shape index (κ2) is 5.87. The van der Waals surface area contributed by atoms with Gasteiger partial charge in [0, 0.05) is 19.4 Å². The lowest BCUT2D eigenvalue weighted by Gasteiger charge is -2.34. The number of aryl methyl sites for hydroxylation is 1. The van der Waals surface area contributed by atoms with Crippen LogP contribution in [0.2, 0.25) is 0 Å². The molecule has 1 amide bonds. The van der Waals surface area contributed by atoms with Gasteiger partial charge >= 0.3 is 0 Å². The summed E-state index contributed by atoms with van der Waals surface area (Å²) in [5.41, 5.74) is 6.23. The number of ether oxygens (including phenoxy) is 1. The molecular weight excluding hydrogens is 260 g/mol. The van der Waals surface area contributed by atoms with Crippen LogP contribution in [0.15, 0.2) is 23.6 Å². The van der Waals surface area contributed by atoms with E-state index in [4.69, 9.17) is 15.7 Å². The van der Waals surface area contributed by atoms with Gasteiger partial charge in [0.15, 0.2) is 5.84 Å². The molecule has 1 aromatic heterocycles. The molecule has 0 unspecified atom stereocenters. The van der Waals surface area contributed by atoms with Crippen LogP contribution in [-0.4, -0.2) is 35.1 Å². The van der Waals surface area contributed by atoms with Crippen LogP contribution in [0.3, 0.4) is 0 Å². The van der Waals surface area contributed by atoms with E-state index in [1.807, 2.05) is 6.92 Å². The van der Waals surface area contributed by atoms with Crippen molar-refractivity contribution in [3.05, 3.63) is 24.0 Å². The minimum atomic E-state index is -1.03. The molecule has 0 radical (unpaired) electrons. The molecule has 0 aliphatic carbocycles. The topological polar surface area (TPSA) is 110 Å². The molecule has 4 N–H and O–H groups in total. The highest BCUT2D eigenvalue weighted by Gasteiger charge is 2.44. The Morgan fingerprint density at radius 3 is 2.85 bits per heavy atom. The molecule has 20 heavy (non-hydrogen) atoms. The van der Waals surface area contributed by atoms with Gasteiger partial charge in [-0.1, -0.05) is 5.16 Å². The molecule has 7 nitrogen and oxygen atoms in total. The van der Waals surface area contributed by atoms with E-state index < -0.39 is 5.41 Å². The highest BCUT2D eigenvalue weighted by Crippen LogP contribution is 2.32. The second-order valence-corrected chi connectivity index (χ2v) is 4.82. The molecule has 0 atom stereocenters. The third kappa shape index (κ3) is 2.57. The molecule has 1 fully saturated rings. The number of oxime groups is 1. The van der Waals surface area contributed by atoms with Gasteiger partial charge in [-0.15, -0.1) is 0 Å². The molecule has 108 valence electrons. The maximum Gasteiger partial charge on any atom is 0.238 e. The van der Waals surface area contributed by atoms with Crippen molar-refractivity contribution in [2.45, 2.75) is 19.8 Å². The maximum atomic E-state index is 12.6. The summed E-state index contributed by atoms with van der Waals surface area (Å²) >= 11 is 0. The van der Waals surface area contributed by atoms with Gasteiger partial charge in [0.25, 0.3) is 0 Å². The zero-order valence-corrected chi connectivity index (χ0v) is 11.3. The summed E-state index contributed by atoms with van der Waals surface area (Å²) in [5.74, 6) is -0.382. The number of anilines is 1. The summed E-state index contributed by atoms with van der Waals surface area (Å²) in [5, 5.41) is 14.8. The number of carbonyl (C=O) groups excluding carboxylic acids is 1. The van der Waals surface area contributed by atoms with E-state index in [1.165, 1.54) is 0 Å². The van der Waals surface area contributed by atoms with Gasteiger partial charge in [-0.05, 0) is 31.4 Å².